The summed E-state index contributed by atoms with van der Waals surface area (Å²) in [4.78, 5) is 9.77. The van der Waals surface area contributed by atoms with Gasteiger partial charge in [0.1, 0.15) is 0 Å². The highest BCUT2D eigenvalue weighted by atomic mass is 35.5. The van der Waals surface area contributed by atoms with Gasteiger partial charge < -0.3 is 0 Å². The largest absolute Gasteiger partial charge is 0.229 e. The Morgan fingerprint density at radius 3 is 2.20 bits per heavy atom. The van der Waals surface area contributed by atoms with Crippen molar-refractivity contribution in [2.45, 2.75) is 45.3 Å². The van der Waals surface area contributed by atoms with E-state index in [2.05, 4.69) is 0 Å². The van der Waals surface area contributed by atoms with Crippen LogP contribution in [-0.2, 0) is 9.78 Å². The van der Waals surface area contributed by atoms with Crippen LogP contribution in [0.15, 0.2) is 0 Å². The van der Waals surface area contributed by atoms with E-state index in [1.54, 1.807) is 0 Å². The molecule has 0 aliphatic rings. The average molecular weight is 167 g/mol. The lowest BCUT2D eigenvalue weighted by Crippen LogP contribution is -2.21. The van der Waals surface area contributed by atoms with Crippen LogP contribution in [0.1, 0.15) is 34.1 Å². The third kappa shape index (κ3) is 6.33. The Morgan fingerprint density at radius 2 is 1.90 bits per heavy atom. The van der Waals surface area contributed by atoms with Crippen molar-refractivity contribution in [1.82, 2.24) is 0 Å². The molecule has 1 atom stereocenters. The van der Waals surface area contributed by atoms with Crippen molar-refractivity contribution in [1.29, 1.82) is 0 Å². The lowest BCUT2D eigenvalue weighted by molar-refractivity contribution is -0.358. The van der Waals surface area contributed by atoms with E-state index in [1.165, 1.54) is 0 Å². The van der Waals surface area contributed by atoms with Crippen LogP contribution in [0.2, 0.25) is 0 Å². The number of halogens is 1. The molecule has 10 heavy (non-hydrogen) atoms. The Kier molecular flexibility index (Phi) is 4.25. The molecule has 0 saturated heterocycles. The maximum atomic E-state index is 5.62. The standard InChI is InChI=1S/C7H15ClO2/c1-5-6(8)9-10-7(2,3)4/h6H,5H2,1-4H3/t6-/m1/s1. The minimum atomic E-state index is -0.334. The fraction of sp³-hybridized carbons (Fsp3) is 1.00. The topological polar surface area (TPSA) is 18.5 Å². The van der Waals surface area contributed by atoms with Gasteiger partial charge in [-0.2, -0.15) is 0 Å². The molecule has 0 aromatic carbocycles. The first kappa shape index (κ1) is 10.2. The molecule has 0 saturated carbocycles. The van der Waals surface area contributed by atoms with Crippen molar-refractivity contribution in [3.8, 4) is 0 Å². The van der Waals surface area contributed by atoms with E-state index in [0.29, 0.717) is 0 Å². The zero-order chi connectivity index (χ0) is 8.20. The third-order valence-corrected chi connectivity index (χ3v) is 1.10. The maximum absolute atomic E-state index is 5.62. The molecule has 2 nitrogen and oxygen atoms in total. The predicted molar refractivity (Wildman–Crippen MR) is 41.9 cm³/mol. The molecule has 0 aliphatic heterocycles. The second-order valence-corrected chi connectivity index (χ2v) is 3.60. The first-order valence-electron chi connectivity index (χ1n) is 3.44. The summed E-state index contributed by atoms with van der Waals surface area (Å²) < 4.78 is 0. The van der Waals surface area contributed by atoms with E-state index < -0.39 is 0 Å². The summed E-state index contributed by atoms with van der Waals surface area (Å²) in [6.07, 6.45) is 0.748. The van der Waals surface area contributed by atoms with Gasteiger partial charge in [-0.25, -0.2) is 9.78 Å². The molecule has 0 heterocycles. The fourth-order valence-electron chi connectivity index (χ4n) is 0.265. The van der Waals surface area contributed by atoms with Gasteiger partial charge in [0.2, 0.25) is 0 Å². The first-order valence-corrected chi connectivity index (χ1v) is 3.88. The summed E-state index contributed by atoms with van der Waals surface area (Å²) in [5.74, 6) is 0. The average Bonchev–Trinajstić information content (AvgIpc) is 1.81. The molecule has 0 aromatic rings. The van der Waals surface area contributed by atoms with Crippen molar-refractivity contribution in [3.05, 3.63) is 0 Å². The lowest BCUT2D eigenvalue weighted by Gasteiger charge is -2.19. The van der Waals surface area contributed by atoms with E-state index >= 15 is 0 Å². The Labute approximate surface area is 67.4 Å². The molecule has 0 N–H and O–H groups in total. The van der Waals surface area contributed by atoms with Crippen molar-refractivity contribution in [2.24, 2.45) is 0 Å². The monoisotopic (exact) mass is 166 g/mol. The highest BCUT2D eigenvalue weighted by molar-refractivity contribution is 6.19. The van der Waals surface area contributed by atoms with Gasteiger partial charge in [-0.05, 0) is 27.2 Å². The van der Waals surface area contributed by atoms with E-state index in [4.69, 9.17) is 21.4 Å². The molecule has 0 unspecified atom stereocenters. The van der Waals surface area contributed by atoms with Crippen LogP contribution in [0.25, 0.3) is 0 Å². The van der Waals surface area contributed by atoms with Crippen molar-refractivity contribution >= 4 is 11.6 Å². The molecular formula is C7H15ClO2. The number of alkyl halides is 1. The lowest BCUT2D eigenvalue weighted by atomic mass is 10.2. The highest BCUT2D eigenvalue weighted by Crippen LogP contribution is 2.12. The molecule has 3 heteroatoms. The summed E-state index contributed by atoms with van der Waals surface area (Å²) in [5.41, 5.74) is -0.610. The summed E-state index contributed by atoms with van der Waals surface area (Å²) in [6.45, 7) is 7.66. The van der Waals surface area contributed by atoms with Gasteiger partial charge in [-0.15, -0.1) is 0 Å². The van der Waals surface area contributed by atoms with Crippen LogP contribution in [0.4, 0.5) is 0 Å². The number of hydrogen-bond acceptors (Lipinski definition) is 2. The van der Waals surface area contributed by atoms with Gasteiger partial charge >= 0.3 is 0 Å². The predicted octanol–water partition coefficient (Wildman–Crippen LogP) is 2.71. The molecule has 0 aliphatic carbocycles. The Bertz CT molecular complexity index is 88.1. The van der Waals surface area contributed by atoms with Crippen LogP contribution in [-0.4, -0.2) is 11.2 Å². The number of hydrogen-bond donors (Lipinski definition) is 0. The Balaban J connectivity index is 3.36. The molecule has 0 amide bonds. The van der Waals surface area contributed by atoms with Gasteiger partial charge in [-0.3, -0.25) is 0 Å². The molecule has 0 aromatic heterocycles. The molecule has 62 valence electrons. The van der Waals surface area contributed by atoms with Gasteiger partial charge in [0.15, 0.2) is 5.56 Å². The zero-order valence-electron chi connectivity index (χ0n) is 6.98. The highest BCUT2D eigenvalue weighted by Gasteiger charge is 2.13. The second-order valence-electron chi connectivity index (χ2n) is 3.11. The minimum Gasteiger partial charge on any atom is -0.229 e. The maximum Gasteiger partial charge on any atom is 0.166 e. The summed E-state index contributed by atoms with van der Waals surface area (Å²) >= 11 is 5.62. The Morgan fingerprint density at radius 1 is 1.40 bits per heavy atom. The summed E-state index contributed by atoms with van der Waals surface area (Å²) in [6, 6.07) is 0. The fourth-order valence-corrected chi connectivity index (χ4v) is 0.301. The third-order valence-electron chi connectivity index (χ3n) is 0.723. The van der Waals surface area contributed by atoms with Crippen molar-refractivity contribution in [3.63, 3.8) is 0 Å². The van der Waals surface area contributed by atoms with Gasteiger partial charge in [0.05, 0.1) is 5.60 Å². The van der Waals surface area contributed by atoms with E-state index in [0.717, 1.165) is 6.42 Å². The van der Waals surface area contributed by atoms with Gasteiger partial charge in [0, 0.05) is 0 Å². The quantitative estimate of drug-likeness (QED) is 0.365. The van der Waals surface area contributed by atoms with Gasteiger partial charge in [-0.1, -0.05) is 18.5 Å². The van der Waals surface area contributed by atoms with Gasteiger partial charge in [0.25, 0.3) is 0 Å². The molecule has 0 rings (SSSR count). The van der Waals surface area contributed by atoms with Crippen LogP contribution in [0, 0.1) is 0 Å². The van der Waals surface area contributed by atoms with E-state index in [9.17, 15) is 0 Å². The number of rotatable bonds is 3. The van der Waals surface area contributed by atoms with Crippen molar-refractivity contribution < 1.29 is 9.78 Å². The molecular weight excluding hydrogens is 152 g/mol. The second kappa shape index (κ2) is 4.16. The first-order chi connectivity index (χ1) is 4.45. The van der Waals surface area contributed by atoms with E-state index in [-0.39, 0.29) is 11.2 Å². The van der Waals surface area contributed by atoms with Crippen LogP contribution in [0.5, 0.6) is 0 Å². The van der Waals surface area contributed by atoms with Crippen LogP contribution < -0.4 is 0 Å². The van der Waals surface area contributed by atoms with Crippen LogP contribution in [0.3, 0.4) is 0 Å². The molecule has 0 fully saturated rings. The van der Waals surface area contributed by atoms with Crippen molar-refractivity contribution in [2.75, 3.05) is 0 Å². The Hall–Kier alpha value is 0.210. The SMILES string of the molecule is CC[C@H](Cl)OOC(C)(C)C. The normalized spacial score (nSPS) is 15.3. The summed E-state index contributed by atoms with van der Waals surface area (Å²) in [5, 5.41) is 0. The zero-order valence-corrected chi connectivity index (χ0v) is 7.73. The van der Waals surface area contributed by atoms with Crippen LogP contribution >= 0.6 is 11.6 Å². The molecule has 0 spiro atoms. The smallest absolute Gasteiger partial charge is 0.166 e. The molecule has 0 radical (unpaired) electrons. The minimum absolute atomic E-state index is 0.275. The summed E-state index contributed by atoms with van der Waals surface area (Å²) in [7, 11) is 0. The van der Waals surface area contributed by atoms with E-state index in [1.807, 2.05) is 27.7 Å². The molecule has 0 bridgehead atoms.